The molecule has 0 fully saturated rings. The summed E-state index contributed by atoms with van der Waals surface area (Å²) in [5.74, 6) is -0.381. The molecule has 2 aromatic carbocycles. The van der Waals surface area contributed by atoms with Gasteiger partial charge in [-0.25, -0.2) is 0 Å². The zero-order valence-corrected chi connectivity index (χ0v) is 19.0. The third-order valence-corrected chi connectivity index (χ3v) is 6.02. The second kappa shape index (κ2) is 9.25. The molecule has 0 saturated heterocycles. The fourth-order valence-corrected chi connectivity index (χ4v) is 3.92. The number of anilines is 2. The van der Waals surface area contributed by atoms with E-state index in [4.69, 9.17) is 4.55 Å². The Morgan fingerprint density at radius 1 is 1.03 bits per heavy atom. The van der Waals surface area contributed by atoms with Gasteiger partial charge in [0.15, 0.2) is 0 Å². The van der Waals surface area contributed by atoms with Gasteiger partial charge in [-0.2, -0.15) is 29.1 Å². The first-order chi connectivity index (χ1) is 15.6. The summed E-state index contributed by atoms with van der Waals surface area (Å²) in [6, 6.07) is 15.6. The highest BCUT2D eigenvalue weighted by Crippen LogP contribution is 2.27. The van der Waals surface area contributed by atoms with E-state index in [-0.39, 0.29) is 10.8 Å². The van der Waals surface area contributed by atoms with E-state index in [1.165, 1.54) is 24.3 Å². The van der Waals surface area contributed by atoms with Gasteiger partial charge in [0.1, 0.15) is 12.1 Å². The lowest BCUT2D eigenvalue weighted by Gasteiger charge is -2.29. The van der Waals surface area contributed by atoms with Gasteiger partial charge < -0.3 is 4.90 Å². The Hall–Kier alpha value is -3.99. The second-order valence-electron chi connectivity index (χ2n) is 7.44. The van der Waals surface area contributed by atoms with E-state index >= 15 is 0 Å². The SMILES string of the molecule is CC1=NN(c2ccc(S(=O)(=O)O)cc2)C(=O)/C1=C/c1ccc(N(C(C)C#N)C(C)C#N)cc1. The largest absolute Gasteiger partial charge is 0.340 e. The van der Waals surface area contributed by atoms with Gasteiger partial charge in [0.05, 0.1) is 34.0 Å². The first kappa shape index (κ1) is 23.7. The maximum atomic E-state index is 12.9. The highest BCUT2D eigenvalue weighted by molar-refractivity contribution is 7.85. The summed E-state index contributed by atoms with van der Waals surface area (Å²) >= 11 is 0. The Labute approximate surface area is 192 Å². The molecule has 1 amide bonds. The maximum absolute atomic E-state index is 12.9. The van der Waals surface area contributed by atoms with Crippen LogP contribution in [0.3, 0.4) is 0 Å². The van der Waals surface area contributed by atoms with Crippen molar-refractivity contribution in [2.75, 3.05) is 9.91 Å². The van der Waals surface area contributed by atoms with E-state index in [1.54, 1.807) is 56.0 Å². The van der Waals surface area contributed by atoms with E-state index in [0.29, 0.717) is 22.7 Å². The van der Waals surface area contributed by atoms with Gasteiger partial charge in [0.25, 0.3) is 16.0 Å². The molecule has 0 radical (unpaired) electrons. The number of hydrazone groups is 1. The number of hydrogen-bond acceptors (Lipinski definition) is 7. The van der Waals surface area contributed by atoms with Crippen molar-refractivity contribution in [3.63, 3.8) is 0 Å². The van der Waals surface area contributed by atoms with Gasteiger partial charge in [-0.1, -0.05) is 12.1 Å². The topological polar surface area (TPSA) is 138 Å². The highest BCUT2D eigenvalue weighted by Gasteiger charge is 2.29. The van der Waals surface area contributed by atoms with Gasteiger partial charge >= 0.3 is 0 Å². The number of nitriles is 2. The quantitative estimate of drug-likeness (QED) is 0.512. The lowest BCUT2D eigenvalue weighted by atomic mass is 10.1. The number of carbonyl (C=O) groups is 1. The summed E-state index contributed by atoms with van der Waals surface area (Å²) < 4.78 is 31.5. The first-order valence-corrected chi connectivity index (χ1v) is 11.4. The third kappa shape index (κ3) is 4.93. The van der Waals surface area contributed by atoms with Crippen molar-refractivity contribution >= 4 is 39.2 Å². The Balaban J connectivity index is 1.86. The number of amides is 1. The molecule has 2 unspecified atom stereocenters. The monoisotopic (exact) mass is 463 g/mol. The summed E-state index contributed by atoms with van der Waals surface area (Å²) in [6.07, 6.45) is 1.68. The van der Waals surface area contributed by atoms with Crippen molar-refractivity contribution in [1.29, 1.82) is 10.5 Å². The predicted molar refractivity (Wildman–Crippen MR) is 124 cm³/mol. The minimum Gasteiger partial charge on any atom is -0.340 e. The standard InChI is InChI=1S/C23H21N5O4S/c1-15(13-24)27(16(2)14-25)19-6-4-18(5-7-19)12-22-17(3)26-28(23(22)29)20-8-10-21(11-9-20)33(30,31)32/h4-12,15-16H,1-3H3,(H,30,31,32)/b22-12+. The van der Waals surface area contributed by atoms with E-state index in [1.807, 2.05) is 0 Å². The van der Waals surface area contributed by atoms with E-state index in [0.717, 1.165) is 10.6 Å². The van der Waals surface area contributed by atoms with Crippen molar-refractivity contribution in [1.82, 2.24) is 0 Å². The molecule has 10 heteroatoms. The summed E-state index contributed by atoms with van der Waals surface area (Å²) in [5, 5.41) is 24.0. The average molecular weight is 464 g/mol. The molecule has 2 aromatic rings. The van der Waals surface area contributed by atoms with Crippen molar-refractivity contribution in [2.45, 2.75) is 37.8 Å². The van der Waals surface area contributed by atoms with Crippen LogP contribution < -0.4 is 9.91 Å². The van der Waals surface area contributed by atoms with E-state index in [2.05, 4.69) is 17.2 Å². The number of nitrogens with zero attached hydrogens (tertiary/aromatic N) is 5. The van der Waals surface area contributed by atoms with Crippen LogP contribution in [-0.4, -0.2) is 36.7 Å². The van der Waals surface area contributed by atoms with Crippen molar-refractivity contribution in [3.8, 4) is 12.1 Å². The Morgan fingerprint density at radius 3 is 2.06 bits per heavy atom. The number of hydrogen-bond donors (Lipinski definition) is 1. The van der Waals surface area contributed by atoms with Crippen LogP contribution in [0.1, 0.15) is 26.3 Å². The molecular weight excluding hydrogens is 442 g/mol. The minimum atomic E-state index is -4.33. The number of benzene rings is 2. The molecule has 0 bridgehead atoms. The van der Waals surface area contributed by atoms with E-state index < -0.39 is 22.2 Å². The molecule has 0 aliphatic carbocycles. The molecule has 9 nitrogen and oxygen atoms in total. The van der Waals surface area contributed by atoms with Crippen LogP contribution >= 0.6 is 0 Å². The van der Waals surface area contributed by atoms with Crippen LogP contribution in [0.5, 0.6) is 0 Å². The number of carbonyl (C=O) groups excluding carboxylic acids is 1. The Morgan fingerprint density at radius 2 is 1.58 bits per heavy atom. The fourth-order valence-electron chi connectivity index (χ4n) is 3.43. The molecule has 1 aliphatic heterocycles. The molecule has 2 atom stereocenters. The van der Waals surface area contributed by atoms with Gasteiger partial charge in [0.2, 0.25) is 0 Å². The molecule has 0 aromatic heterocycles. The van der Waals surface area contributed by atoms with Crippen molar-refractivity contribution in [2.24, 2.45) is 5.10 Å². The lowest BCUT2D eigenvalue weighted by molar-refractivity contribution is -0.114. The molecule has 168 valence electrons. The van der Waals surface area contributed by atoms with Crippen LogP contribution in [0.25, 0.3) is 6.08 Å². The lowest BCUT2D eigenvalue weighted by Crippen LogP contribution is -2.38. The maximum Gasteiger partial charge on any atom is 0.294 e. The zero-order chi connectivity index (χ0) is 24.3. The van der Waals surface area contributed by atoms with Gasteiger partial charge in [-0.15, -0.1) is 0 Å². The normalized spacial score (nSPS) is 16.7. The van der Waals surface area contributed by atoms with Gasteiger partial charge in [-0.05, 0) is 68.8 Å². The molecule has 1 heterocycles. The van der Waals surface area contributed by atoms with Crippen LogP contribution in [-0.2, 0) is 14.9 Å². The zero-order valence-electron chi connectivity index (χ0n) is 18.2. The average Bonchev–Trinajstić information content (AvgIpc) is 3.07. The molecule has 3 rings (SSSR count). The molecule has 0 spiro atoms. The van der Waals surface area contributed by atoms with Crippen LogP contribution in [0.15, 0.2) is 64.1 Å². The van der Waals surface area contributed by atoms with Gasteiger partial charge in [-0.3, -0.25) is 9.35 Å². The molecular formula is C23H21N5O4S. The third-order valence-electron chi connectivity index (χ3n) is 5.15. The number of rotatable bonds is 6. The molecule has 0 saturated carbocycles. The highest BCUT2D eigenvalue weighted by atomic mass is 32.2. The predicted octanol–water partition coefficient (Wildman–Crippen LogP) is 3.37. The Bertz CT molecular complexity index is 1300. The van der Waals surface area contributed by atoms with Gasteiger partial charge in [0, 0.05) is 5.69 Å². The van der Waals surface area contributed by atoms with Crippen LogP contribution in [0.4, 0.5) is 11.4 Å². The molecule has 1 N–H and O–H groups in total. The summed E-state index contributed by atoms with van der Waals surface area (Å²) in [6.45, 7) is 5.13. The summed E-state index contributed by atoms with van der Waals surface area (Å²) in [5.41, 5.74) is 2.66. The molecule has 1 aliphatic rings. The van der Waals surface area contributed by atoms with Crippen molar-refractivity contribution < 1.29 is 17.8 Å². The summed E-state index contributed by atoms with van der Waals surface area (Å²) in [4.78, 5) is 14.4. The molecule has 33 heavy (non-hydrogen) atoms. The minimum absolute atomic E-state index is 0.278. The Kier molecular flexibility index (Phi) is 6.63. The van der Waals surface area contributed by atoms with Crippen LogP contribution in [0.2, 0.25) is 0 Å². The second-order valence-corrected chi connectivity index (χ2v) is 8.86. The van der Waals surface area contributed by atoms with E-state index in [9.17, 15) is 23.7 Å². The summed E-state index contributed by atoms with van der Waals surface area (Å²) in [7, 11) is -4.33. The van der Waals surface area contributed by atoms with Crippen LogP contribution in [0, 0.1) is 22.7 Å². The van der Waals surface area contributed by atoms with Crippen molar-refractivity contribution in [3.05, 3.63) is 59.7 Å². The smallest absolute Gasteiger partial charge is 0.294 e. The fraction of sp³-hybridized carbons (Fsp3) is 0.217. The first-order valence-electron chi connectivity index (χ1n) is 9.93.